The lowest BCUT2D eigenvalue weighted by Gasteiger charge is -2.42. The first-order chi connectivity index (χ1) is 13.8. The highest BCUT2D eigenvalue weighted by Crippen LogP contribution is 2.63. The van der Waals surface area contributed by atoms with Gasteiger partial charge in [-0.3, -0.25) is 0 Å². The number of rotatable bonds is 0. The topological polar surface area (TPSA) is 0 Å². The average molecular weight is 370 g/mol. The molecule has 0 heterocycles. The van der Waals surface area contributed by atoms with Crippen molar-refractivity contribution < 1.29 is 0 Å². The van der Waals surface area contributed by atoms with Gasteiger partial charge in [-0.2, -0.15) is 0 Å². The quantitative estimate of drug-likeness (QED) is 0.326. The lowest BCUT2D eigenvalue weighted by Crippen LogP contribution is -2.29. The summed E-state index contributed by atoms with van der Waals surface area (Å²) in [5.74, 6) is 12.3. The second-order valence-corrected chi connectivity index (χ2v) is 10.9. The molecular weight excluding hydrogens is 336 g/mol. The van der Waals surface area contributed by atoms with Crippen molar-refractivity contribution in [2.45, 2.75) is 119 Å². The van der Waals surface area contributed by atoms with Crippen molar-refractivity contribution in [3.63, 3.8) is 0 Å². The van der Waals surface area contributed by atoms with E-state index >= 15 is 0 Å². The molecule has 28 heavy (non-hydrogen) atoms. The molecule has 0 spiro atoms. The molecule has 0 aliphatic heterocycles. The summed E-state index contributed by atoms with van der Waals surface area (Å²) in [5, 5.41) is 0. The minimum atomic E-state index is 0.817. The monoisotopic (exact) mass is 369 g/mol. The second kappa shape index (κ2) is 5.84. The molecule has 6 bridgehead atoms. The highest BCUT2D eigenvalue weighted by Gasteiger charge is 2.52. The molecule has 0 N–H and O–H groups in total. The zero-order valence-corrected chi connectivity index (χ0v) is 17.4. The van der Waals surface area contributed by atoms with Crippen LogP contribution in [0.3, 0.4) is 0 Å². The molecule has 1 aromatic rings. The summed E-state index contributed by atoms with van der Waals surface area (Å²) in [4.78, 5) is 0. The number of hydrogen-bond donors (Lipinski definition) is 0. The van der Waals surface area contributed by atoms with E-state index in [4.69, 9.17) is 0 Å². The van der Waals surface area contributed by atoms with Crippen LogP contribution in [0.2, 0.25) is 0 Å². The fraction of sp³-hybridized carbons (Fsp3) is 0.679. The van der Waals surface area contributed by atoms with Crippen LogP contribution in [-0.2, 0) is 0 Å². The molecule has 10 rings (SSSR count). The fourth-order valence-corrected chi connectivity index (χ4v) is 8.87. The van der Waals surface area contributed by atoms with E-state index in [0.29, 0.717) is 0 Å². The van der Waals surface area contributed by atoms with Crippen LogP contribution in [0.15, 0.2) is 0 Å². The zero-order valence-electron chi connectivity index (χ0n) is 17.4. The van der Waals surface area contributed by atoms with Crippen LogP contribution in [0.4, 0.5) is 0 Å². The van der Waals surface area contributed by atoms with Crippen molar-refractivity contribution in [3.05, 3.63) is 38.9 Å². The van der Waals surface area contributed by atoms with Crippen LogP contribution in [0.25, 0.3) is 0 Å². The Kier molecular flexibility index (Phi) is 3.43. The van der Waals surface area contributed by atoms with E-state index in [0.717, 1.165) is 35.5 Å². The van der Waals surface area contributed by atoms with Crippen LogP contribution in [0, 0.1) is 11.8 Å². The maximum absolute atomic E-state index is 3.78. The normalized spacial score (nSPS) is 38.3. The SMILES string of the molecule is CC#Cc1c2c(c3c([c+]4c1C1CCC4CC1)C1CCC3CC1)C1CCC2CC1. The third kappa shape index (κ3) is 1.97. The molecule has 0 atom stereocenters. The maximum atomic E-state index is 3.78. The van der Waals surface area contributed by atoms with Crippen molar-refractivity contribution in [3.8, 4) is 11.8 Å². The van der Waals surface area contributed by atoms with E-state index in [1.165, 1.54) is 77.0 Å². The summed E-state index contributed by atoms with van der Waals surface area (Å²) in [5.41, 5.74) is 12.8. The van der Waals surface area contributed by atoms with E-state index in [-0.39, 0.29) is 0 Å². The van der Waals surface area contributed by atoms with E-state index in [2.05, 4.69) is 18.8 Å². The Balaban J connectivity index is 1.69. The Morgan fingerprint density at radius 1 is 0.571 bits per heavy atom. The van der Waals surface area contributed by atoms with Gasteiger partial charge in [0, 0.05) is 40.7 Å². The summed E-state index contributed by atoms with van der Waals surface area (Å²) in [6.07, 6.45) is 17.5. The molecule has 0 aromatic heterocycles. The van der Waals surface area contributed by atoms with Gasteiger partial charge in [-0.05, 0) is 95.8 Å². The highest BCUT2D eigenvalue weighted by molar-refractivity contribution is 5.66. The molecule has 0 saturated heterocycles. The number of fused-ring (bicyclic) bond motifs is 6. The van der Waals surface area contributed by atoms with Crippen LogP contribution >= 0.6 is 0 Å². The van der Waals surface area contributed by atoms with Gasteiger partial charge in [-0.15, -0.1) is 0 Å². The maximum Gasteiger partial charge on any atom is 0.123 e. The Morgan fingerprint density at radius 2 is 1.07 bits per heavy atom. The zero-order chi connectivity index (χ0) is 18.4. The van der Waals surface area contributed by atoms with Gasteiger partial charge in [-0.25, -0.2) is 0 Å². The summed E-state index contributed by atoms with van der Waals surface area (Å²) < 4.78 is 0. The van der Waals surface area contributed by atoms with Crippen LogP contribution in [0.5, 0.6) is 0 Å². The lowest BCUT2D eigenvalue weighted by atomic mass is 9.58. The summed E-state index contributed by atoms with van der Waals surface area (Å²) in [7, 11) is 0. The third-order valence-corrected chi connectivity index (χ3v) is 9.87. The van der Waals surface area contributed by atoms with Crippen LogP contribution in [-0.4, -0.2) is 0 Å². The Morgan fingerprint density at radius 3 is 1.71 bits per heavy atom. The molecule has 0 unspecified atom stereocenters. The summed E-state index contributed by atoms with van der Waals surface area (Å²) >= 11 is 0. The van der Waals surface area contributed by atoms with E-state index < -0.39 is 0 Å². The summed E-state index contributed by atoms with van der Waals surface area (Å²) in [6.45, 7) is 2.08. The molecule has 3 fully saturated rings. The Labute approximate surface area is 170 Å². The molecule has 3 saturated carbocycles. The molecule has 0 nitrogen and oxygen atoms in total. The predicted molar refractivity (Wildman–Crippen MR) is 115 cm³/mol. The molecule has 0 heteroatoms. The minimum Gasteiger partial charge on any atom is -0.0864 e. The van der Waals surface area contributed by atoms with E-state index in [1.54, 1.807) is 16.7 Å². The molecule has 9 aliphatic carbocycles. The van der Waals surface area contributed by atoms with Gasteiger partial charge in [0.2, 0.25) is 0 Å². The Bertz CT molecular complexity index is 854. The number of hydrogen-bond acceptors (Lipinski definition) is 0. The van der Waals surface area contributed by atoms with E-state index in [1.807, 2.05) is 22.3 Å². The minimum absolute atomic E-state index is 0.817. The van der Waals surface area contributed by atoms with E-state index in [9.17, 15) is 0 Å². The van der Waals surface area contributed by atoms with Gasteiger partial charge in [0.15, 0.2) is 0 Å². The smallest absolute Gasteiger partial charge is 0.0864 e. The molecule has 1 aromatic carbocycles. The first-order valence-corrected chi connectivity index (χ1v) is 12.4. The van der Waals surface area contributed by atoms with Gasteiger partial charge in [-0.1, -0.05) is 5.92 Å². The van der Waals surface area contributed by atoms with Crippen molar-refractivity contribution in [2.24, 2.45) is 0 Å². The molecule has 9 aliphatic rings. The van der Waals surface area contributed by atoms with Crippen LogP contribution < -0.4 is 0 Å². The standard InChI is InChI=1S/C28H33/c1-2-3-22-23-16-4-8-18(9-5-16)25(23)27-20-12-14-21(15-13-20)28(27)26-19-10-6-17(7-11-19)24(22)26/h16-21H,4-15H2,1H3/q+1. The van der Waals surface area contributed by atoms with Crippen LogP contribution in [0.1, 0.15) is 158 Å². The van der Waals surface area contributed by atoms with Gasteiger partial charge < -0.3 is 0 Å². The first kappa shape index (κ1) is 16.4. The average Bonchev–Trinajstić information content (AvgIpc) is 2.93. The van der Waals surface area contributed by atoms with Gasteiger partial charge in [0.05, 0.1) is 22.3 Å². The molecule has 0 radical (unpaired) electrons. The largest absolute Gasteiger partial charge is 0.123 e. The highest BCUT2D eigenvalue weighted by atomic mass is 14.5. The fourth-order valence-electron chi connectivity index (χ4n) is 8.87. The predicted octanol–water partition coefficient (Wildman–Crippen LogP) is 7.60. The lowest BCUT2D eigenvalue weighted by molar-refractivity contribution is 0.321. The second-order valence-electron chi connectivity index (χ2n) is 10.9. The summed E-state index contributed by atoms with van der Waals surface area (Å²) in [6, 6.07) is 0. The third-order valence-electron chi connectivity index (χ3n) is 9.87. The van der Waals surface area contributed by atoms with Crippen molar-refractivity contribution in [1.82, 2.24) is 0 Å². The van der Waals surface area contributed by atoms with Crippen molar-refractivity contribution in [2.75, 3.05) is 0 Å². The first-order valence-electron chi connectivity index (χ1n) is 12.4. The van der Waals surface area contributed by atoms with Gasteiger partial charge >= 0.3 is 0 Å². The molecule has 144 valence electrons. The van der Waals surface area contributed by atoms with Gasteiger partial charge in [0.1, 0.15) is 5.56 Å². The molecular formula is C28H33+. The van der Waals surface area contributed by atoms with Crippen molar-refractivity contribution >= 4 is 0 Å². The van der Waals surface area contributed by atoms with Crippen molar-refractivity contribution in [1.29, 1.82) is 0 Å². The molecule has 0 amide bonds. The Hall–Kier alpha value is -1.35. The van der Waals surface area contributed by atoms with Gasteiger partial charge in [0.25, 0.3) is 0 Å².